The van der Waals surface area contributed by atoms with Gasteiger partial charge in [0.1, 0.15) is 10.6 Å². The van der Waals surface area contributed by atoms with Crippen LogP contribution in [0.3, 0.4) is 0 Å². The number of thiophene rings is 1. The van der Waals surface area contributed by atoms with Gasteiger partial charge in [0.05, 0.1) is 7.11 Å². The number of rotatable bonds is 3. The van der Waals surface area contributed by atoms with Crippen molar-refractivity contribution in [3.8, 4) is 16.5 Å². The number of aromatic nitrogens is 3. The van der Waals surface area contributed by atoms with Gasteiger partial charge in [-0.2, -0.15) is 4.98 Å². The van der Waals surface area contributed by atoms with Crippen LogP contribution >= 0.6 is 11.3 Å². The van der Waals surface area contributed by atoms with Crippen molar-refractivity contribution in [1.82, 2.24) is 15.2 Å². The lowest BCUT2D eigenvalue weighted by Gasteiger charge is -2.11. The molecule has 3 N–H and O–H groups in total. The Morgan fingerprint density at radius 2 is 2.50 bits per heavy atom. The largest absolute Gasteiger partial charge is 0.495 e. The highest BCUT2D eigenvalue weighted by Gasteiger charge is 2.23. The molecule has 1 atom stereocenters. The third-order valence-electron chi connectivity index (χ3n) is 3.05. The Hall–Kier alpha value is -1.60. The zero-order valence-corrected chi connectivity index (χ0v) is 10.9. The van der Waals surface area contributed by atoms with Gasteiger partial charge in [0, 0.05) is 19.1 Å². The maximum Gasteiger partial charge on any atom is 0.245 e. The molecule has 0 bridgehead atoms. The van der Waals surface area contributed by atoms with Gasteiger partial charge in [-0.05, 0) is 17.9 Å². The standard InChI is InChI=1S/C11H15N5OS/c1-17-8-3-5-18-9(8)10-13-11(15-14-10)16-4-2-7(12)6-16/h3,5,7H,2,4,6,12H2,1H3,(H,13,14,15). The van der Waals surface area contributed by atoms with Crippen molar-refractivity contribution in [2.24, 2.45) is 5.73 Å². The van der Waals surface area contributed by atoms with Crippen molar-refractivity contribution < 1.29 is 4.74 Å². The van der Waals surface area contributed by atoms with Crippen LogP contribution in [0.1, 0.15) is 6.42 Å². The Labute approximate surface area is 109 Å². The van der Waals surface area contributed by atoms with Gasteiger partial charge >= 0.3 is 0 Å². The first-order chi connectivity index (χ1) is 8.78. The molecule has 1 fully saturated rings. The zero-order valence-electron chi connectivity index (χ0n) is 10.1. The average Bonchev–Trinajstić information content (AvgIpc) is 3.07. The van der Waals surface area contributed by atoms with E-state index in [4.69, 9.17) is 10.5 Å². The molecule has 1 unspecified atom stereocenters. The first-order valence-corrected chi connectivity index (χ1v) is 6.70. The summed E-state index contributed by atoms with van der Waals surface area (Å²) < 4.78 is 5.28. The van der Waals surface area contributed by atoms with Gasteiger partial charge in [-0.25, -0.2) is 0 Å². The van der Waals surface area contributed by atoms with E-state index in [9.17, 15) is 0 Å². The Kier molecular flexibility index (Phi) is 2.92. The van der Waals surface area contributed by atoms with E-state index in [1.54, 1.807) is 18.4 Å². The molecule has 18 heavy (non-hydrogen) atoms. The number of nitrogens with two attached hydrogens (primary N) is 1. The van der Waals surface area contributed by atoms with Crippen LogP contribution in [0.4, 0.5) is 5.95 Å². The van der Waals surface area contributed by atoms with E-state index in [0.29, 0.717) is 5.95 Å². The predicted molar refractivity (Wildman–Crippen MR) is 71.1 cm³/mol. The summed E-state index contributed by atoms with van der Waals surface area (Å²) in [4.78, 5) is 7.59. The second kappa shape index (κ2) is 4.58. The van der Waals surface area contributed by atoms with E-state index in [1.807, 2.05) is 11.4 Å². The molecule has 3 rings (SSSR count). The fourth-order valence-corrected chi connectivity index (χ4v) is 2.89. The summed E-state index contributed by atoms with van der Waals surface area (Å²) in [6, 6.07) is 2.15. The van der Waals surface area contributed by atoms with Crippen LogP contribution in [-0.4, -0.2) is 41.4 Å². The van der Waals surface area contributed by atoms with E-state index in [1.165, 1.54) is 0 Å². The average molecular weight is 265 g/mol. The highest BCUT2D eigenvalue weighted by Crippen LogP contribution is 2.33. The Balaban J connectivity index is 1.85. The monoisotopic (exact) mass is 265 g/mol. The molecule has 2 aromatic rings. The van der Waals surface area contributed by atoms with E-state index >= 15 is 0 Å². The fourth-order valence-electron chi connectivity index (χ4n) is 2.10. The van der Waals surface area contributed by atoms with E-state index in [2.05, 4.69) is 20.1 Å². The predicted octanol–water partition coefficient (Wildman–Crippen LogP) is 1.08. The quantitative estimate of drug-likeness (QED) is 0.868. The van der Waals surface area contributed by atoms with Crippen molar-refractivity contribution >= 4 is 17.3 Å². The summed E-state index contributed by atoms with van der Waals surface area (Å²) in [5.74, 6) is 2.28. The number of hydrogen-bond donors (Lipinski definition) is 2. The van der Waals surface area contributed by atoms with Gasteiger partial charge in [0.15, 0.2) is 5.82 Å². The summed E-state index contributed by atoms with van der Waals surface area (Å²) in [5, 5.41) is 9.19. The molecule has 7 heteroatoms. The molecular weight excluding hydrogens is 250 g/mol. The van der Waals surface area contributed by atoms with Gasteiger partial charge in [0.25, 0.3) is 0 Å². The van der Waals surface area contributed by atoms with Crippen LogP contribution in [0.5, 0.6) is 5.75 Å². The second-order valence-corrected chi connectivity index (χ2v) is 5.21. The highest BCUT2D eigenvalue weighted by molar-refractivity contribution is 7.13. The van der Waals surface area contributed by atoms with Crippen molar-refractivity contribution in [2.45, 2.75) is 12.5 Å². The molecule has 1 aliphatic heterocycles. The molecule has 6 nitrogen and oxygen atoms in total. The summed E-state index contributed by atoms with van der Waals surface area (Å²) in [5.41, 5.74) is 5.88. The van der Waals surface area contributed by atoms with Gasteiger partial charge in [-0.1, -0.05) is 0 Å². The maximum atomic E-state index is 5.88. The fraction of sp³-hybridized carbons (Fsp3) is 0.455. The van der Waals surface area contributed by atoms with Gasteiger partial charge < -0.3 is 15.4 Å². The minimum absolute atomic E-state index is 0.225. The SMILES string of the molecule is COc1ccsc1-c1nc(N2CCC(N)C2)n[nH]1. The number of nitrogens with one attached hydrogen (secondary N) is 1. The molecule has 0 radical (unpaired) electrons. The normalized spacial score (nSPS) is 19.4. The molecule has 0 amide bonds. The number of hydrogen-bond acceptors (Lipinski definition) is 6. The minimum atomic E-state index is 0.225. The number of H-pyrrole nitrogens is 1. The van der Waals surface area contributed by atoms with E-state index < -0.39 is 0 Å². The summed E-state index contributed by atoms with van der Waals surface area (Å²) in [6.45, 7) is 1.74. The molecule has 96 valence electrons. The Morgan fingerprint density at radius 1 is 1.61 bits per heavy atom. The van der Waals surface area contributed by atoms with E-state index in [0.717, 1.165) is 36.0 Å². The van der Waals surface area contributed by atoms with Crippen molar-refractivity contribution in [1.29, 1.82) is 0 Å². The van der Waals surface area contributed by atoms with E-state index in [-0.39, 0.29) is 6.04 Å². The van der Waals surface area contributed by atoms with Crippen LogP contribution in [0.25, 0.3) is 10.7 Å². The third kappa shape index (κ3) is 1.95. The molecule has 0 aliphatic carbocycles. The molecule has 1 saturated heterocycles. The van der Waals surface area contributed by atoms with Crippen molar-refractivity contribution in [3.63, 3.8) is 0 Å². The lowest BCUT2D eigenvalue weighted by Crippen LogP contribution is -2.26. The van der Waals surface area contributed by atoms with Crippen LogP contribution < -0.4 is 15.4 Å². The summed E-state index contributed by atoms with van der Waals surface area (Å²) >= 11 is 1.58. The Bertz CT molecular complexity index is 537. The first-order valence-electron chi connectivity index (χ1n) is 5.82. The smallest absolute Gasteiger partial charge is 0.245 e. The summed E-state index contributed by atoms with van der Waals surface area (Å²) in [7, 11) is 1.66. The molecular formula is C11H15N5OS. The van der Waals surface area contributed by atoms with Crippen LogP contribution in [-0.2, 0) is 0 Å². The number of nitrogens with zero attached hydrogens (tertiary/aromatic N) is 3. The molecule has 1 aliphatic rings. The lowest BCUT2D eigenvalue weighted by atomic mass is 10.3. The number of methoxy groups -OCH3 is 1. The summed E-state index contributed by atoms with van der Waals surface area (Å²) in [6.07, 6.45) is 0.992. The molecule has 0 saturated carbocycles. The molecule has 3 heterocycles. The van der Waals surface area contributed by atoms with Crippen LogP contribution in [0.2, 0.25) is 0 Å². The van der Waals surface area contributed by atoms with Crippen LogP contribution in [0, 0.1) is 0 Å². The number of anilines is 1. The van der Waals surface area contributed by atoms with Gasteiger partial charge in [-0.15, -0.1) is 16.4 Å². The van der Waals surface area contributed by atoms with Gasteiger partial charge in [-0.3, -0.25) is 5.10 Å². The molecule has 0 aromatic carbocycles. The lowest BCUT2D eigenvalue weighted by molar-refractivity contribution is 0.418. The maximum absolute atomic E-state index is 5.88. The third-order valence-corrected chi connectivity index (χ3v) is 3.95. The van der Waals surface area contributed by atoms with Crippen molar-refractivity contribution in [2.75, 3.05) is 25.1 Å². The Morgan fingerprint density at radius 3 is 3.22 bits per heavy atom. The van der Waals surface area contributed by atoms with Crippen molar-refractivity contribution in [3.05, 3.63) is 11.4 Å². The molecule has 2 aromatic heterocycles. The number of ether oxygens (including phenoxy) is 1. The minimum Gasteiger partial charge on any atom is -0.495 e. The van der Waals surface area contributed by atoms with Crippen LogP contribution in [0.15, 0.2) is 11.4 Å². The highest BCUT2D eigenvalue weighted by atomic mass is 32.1. The zero-order chi connectivity index (χ0) is 12.5. The topological polar surface area (TPSA) is 80.1 Å². The van der Waals surface area contributed by atoms with Gasteiger partial charge in [0.2, 0.25) is 5.95 Å². The number of aromatic amines is 1. The second-order valence-electron chi connectivity index (χ2n) is 4.30. The first kappa shape index (κ1) is 11.5. The molecule has 0 spiro atoms.